The van der Waals surface area contributed by atoms with Gasteiger partial charge in [0.15, 0.2) is 0 Å². The predicted molar refractivity (Wildman–Crippen MR) is 14.3 cm³/mol. The van der Waals surface area contributed by atoms with Crippen molar-refractivity contribution in [2.75, 3.05) is 0 Å². The Morgan fingerprint density at radius 2 is 1.25 bits per heavy atom. The number of rotatable bonds is 0. The number of hydrogen-bond acceptors (Lipinski definition) is 1. The summed E-state index contributed by atoms with van der Waals surface area (Å²) in [4.78, 5) is 0. The number of hydrogen-bond donors (Lipinski definition) is 0. The molecule has 0 unspecified atom stereocenters. The molecule has 0 N–H and O–H groups in total. The van der Waals surface area contributed by atoms with E-state index in [9.17, 15) is 0 Å². The first-order valence-corrected chi connectivity index (χ1v) is 1.64. The number of halogens is 1. The van der Waals surface area contributed by atoms with Crippen molar-refractivity contribution in [1.29, 1.82) is 0 Å². The SMILES string of the molecule is [I-].[Li+].[P]=S. The van der Waals surface area contributed by atoms with Gasteiger partial charge in [-0.1, -0.05) is 0 Å². The molecule has 0 rings (SSSR count). The third kappa shape index (κ3) is 9.14. The second-order valence-electron chi connectivity index (χ2n) is 0. The topological polar surface area (TPSA) is 0 Å². The smallest absolute Gasteiger partial charge is 1.00 e. The minimum absolute atomic E-state index is 0. The zero-order valence-electron chi connectivity index (χ0n) is 2.23. The van der Waals surface area contributed by atoms with Crippen molar-refractivity contribution in [3.05, 3.63) is 0 Å². The molecule has 0 atom stereocenters. The molecule has 0 fully saturated rings. The molecular weight excluding hydrogens is 197 g/mol. The van der Waals surface area contributed by atoms with E-state index in [4.69, 9.17) is 0 Å². The van der Waals surface area contributed by atoms with Crippen LogP contribution in [0, 0.1) is 0 Å². The molecule has 0 aromatic rings. The van der Waals surface area contributed by atoms with Gasteiger partial charge in [0.25, 0.3) is 0 Å². The molecule has 4 heavy (non-hydrogen) atoms. The first kappa shape index (κ1) is 16.9. The van der Waals surface area contributed by atoms with Gasteiger partial charge in [0.2, 0.25) is 0 Å². The molecule has 0 aliphatic rings. The molecule has 19 valence electrons. The van der Waals surface area contributed by atoms with Crippen molar-refractivity contribution in [3.63, 3.8) is 0 Å². The molecule has 0 aromatic carbocycles. The Morgan fingerprint density at radius 3 is 1.25 bits per heavy atom. The minimum Gasteiger partial charge on any atom is -1.00 e. The summed E-state index contributed by atoms with van der Waals surface area (Å²) in [5.74, 6) is 0. The first-order valence-electron chi connectivity index (χ1n) is 0.183. The van der Waals surface area contributed by atoms with Crippen molar-refractivity contribution in [2.45, 2.75) is 0 Å². The molecule has 0 nitrogen and oxygen atoms in total. The van der Waals surface area contributed by atoms with Gasteiger partial charge in [-0.15, -0.1) is 0 Å². The second kappa shape index (κ2) is 21.0. The summed E-state index contributed by atoms with van der Waals surface area (Å²) in [6.07, 6.45) is 0. The zero-order chi connectivity index (χ0) is 2.00. The van der Waals surface area contributed by atoms with Gasteiger partial charge >= 0.3 is 18.9 Å². The van der Waals surface area contributed by atoms with Crippen molar-refractivity contribution in [2.24, 2.45) is 0 Å². The molecule has 0 bridgehead atoms. The standard InChI is InChI=1S/HI.Li.PS/c;;1-2/h1H;;/q;+1;/p-1. The van der Waals surface area contributed by atoms with Crippen LogP contribution in [0.25, 0.3) is 0 Å². The van der Waals surface area contributed by atoms with Crippen LogP contribution in [0.3, 0.4) is 0 Å². The van der Waals surface area contributed by atoms with Gasteiger partial charge in [-0.2, -0.15) is 0 Å². The van der Waals surface area contributed by atoms with E-state index in [0.29, 0.717) is 0 Å². The van der Waals surface area contributed by atoms with Crippen LogP contribution in [0.5, 0.6) is 0 Å². The molecule has 0 aliphatic carbocycles. The van der Waals surface area contributed by atoms with Gasteiger partial charge < -0.3 is 24.0 Å². The van der Waals surface area contributed by atoms with E-state index in [1.165, 1.54) is 0 Å². The van der Waals surface area contributed by atoms with Crippen molar-refractivity contribution in [1.82, 2.24) is 0 Å². The van der Waals surface area contributed by atoms with Gasteiger partial charge in [0.1, 0.15) is 0 Å². The van der Waals surface area contributed by atoms with E-state index in [1.807, 2.05) is 0 Å². The summed E-state index contributed by atoms with van der Waals surface area (Å²) < 4.78 is 0. The Bertz CT molecular complexity index is 8.00. The third-order valence-corrected chi connectivity index (χ3v) is 0. The van der Waals surface area contributed by atoms with Gasteiger partial charge in [-0.25, -0.2) is 0 Å². The van der Waals surface area contributed by atoms with E-state index >= 15 is 0 Å². The summed E-state index contributed by atoms with van der Waals surface area (Å²) in [6.45, 7) is 0. The Labute approximate surface area is 62.2 Å². The van der Waals surface area contributed by atoms with Crippen molar-refractivity contribution >= 4 is 19.8 Å². The Morgan fingerprint density at radius 1 is 1.25 bits per heavy atom. The molecule has 0 heterocycles. The van der Waals surface area contributed by atoms with Gasteiger partial charge in [-0.05, 0) is 11.8 Å². The summed E-state index contributed by atoms with van der Waals surface area (Å²) in [5, 5.41) is 0. The van der Waals surface area contributed by atoms with Gasteiger partial charge in [0, 0.05) is 8.02 Å². The van der Waals surface area contributed by atoms with Crippen LogP contribution in [0.15, 0.2) is 0 Å². The average Bonchev–Trinajstić information content (AvgIpc) is 1.00. The molecule has 0 saturated heterocycles. The van der Waals surface area contributed by atoms with Crippen LogP contribution in [-0.2, 0) is 11.8 Å². The fourth-order valence-corrected chi connectivity index (χ4v) is 0. The Balaban J connectivity index is -0.00000000500. The summed E-state index contributed by atoms with van der Waals surface area (Å²) >= 11 is 3.78. The maximum Gasteiger partial charge on any atom is 1.00 e. The van der Waals surface area contributed by atoms with E-state index in [0.717, 1.165) is 0 Å². The maximum atomic E-state index is 3.78. The van der Waals surface area contributed by atoms with Crippen molar-refractivity contribution in [3.8, 4) is 0 Å². The van der Waals surface area contributed by atoms with Crippen LogP contribution >= 0.6 is 8.02 Å². The van der Waals surface area contributed by atoms with E-state index < -0.39 is 0 Å². The maximum absolute atomic E-state index is 3.78. The minimum atomic E-state index is 0. The summed E-state index contributed by atoms with van der Waals surface area (Å²) in [5.41, 5.74) is 0. The molecule has 1 radical (unpaired) electrons. The Hall–Kier alpha value is 1.85. The van der Waals surface area contributed by atoms with Crippen LogP contribution in [0.4, 0.5) is 0 Å². The second-order valence-corrected chi connectivity index (χ2v) is 0. The first-order chi connectivity index (χ1) is 1.00. The predicted octanol–water partition coefficient (Wildman–Crippen LogP) is -5.13. The summed E-state index contributed by atoms with van der Waals surface area (Å²) in [6, 6.07) is 0. The monoisotopic (exact) mass is 197 g/mol. The van der Waals surface area contributed by atoms with Crippen LogP contribution < -0.4 is 42.8 Å². The fraction of sp³-hybridized carbons (Fsp3) is 0. The largest absolute Gasteiger partial charge is 1.00 e. The fourth-order valence-electron chi connectivity index (χ4n) is 0. The molecule has 0 spiro atoms. The van der Waals surface area contributed by atoms with Gasteiger partial charge in [-0.3, -0.25) is 0 Å². The van der Waals surface area contributed by atoms with Crippen LogP contribution in [0.2, 0.25) is 0 Å². The molecular formula is ILiPS. The zero-order valence-corrected chi connectivity index (χ0v) is 6.10. The molecule has 0 aromatic heterocycles. The molecule has 0 saturated carbocycles. The van der Waals surface area contributed by atoms with Crippen LogP contribution in [0.1, 0.15) is 0 Å². The quantitative estimate of drug-likeness (QED) is 0.212. The van der Waals surface area contributed by atoms with E-state index in [-0.39, 0.29) is 42.8 Å². The average molecular weight is 197 g/mol. The van der Waals surface area contributed by atoms with Crippen LogP contribution in [-0.4, -0.2) is 0 Å². The third-order valence-electron chi connectivity index (χ3n) is 0. The van der Waals surface area contributed by atoms with E-state index in [1.54, 1.807) is 0 Å². The summed E-state index contributed by atoms with van der Waals surface area (Å²) in [7, 11) is 3.11. The normalized spacial score (nSPS) is 1.00. The van der Waals surface area contributed by atoms with E-state index in [2.05, 4.69) is 19.8 Å². The molecule has 4 heteroatoms. The van der Waals surface area contributed by atoms with Gasteiger partial charge in [0.05, 0.1) is 0 Å². The Kier molecular flexibility index (Phi) is 89.1. The molecule has 0 aliphatic heterocycles. The molecule has 0 amide bonds. The van der Waals surface area contributed by atoms with Crippen molar-refractivity contribution < 1.29 is 42.8 Å².